The number of hydrogen-bond donors (Lipinski definition) is 1. The normalized spacial score (nSPS) is 20.4. The lowest BCUT2D eigenvalue weighted by molar-refractivity contribution is -0.385. The average Bonchev–Trinajstić information content (AvgIpc) is 2.88. The zero-order valence-corrected chi connectivity index (χ0v) is 14.1. The minimum absolute atomic E-state index is 0. The van der Waals surface area contributed by atoms with E-state index in [0.29, 0.717) is 19.5 Å². The van der Waals surface area contributed by atoms with Gasteiger partial charge in [0.2, 0.25) is 10.0 Å². The van der Waals surface area contributed by atoms with Crippen LogP contribution in [-0.2, 0) is 10.0 Å². The summed E-state index contributed by atoms with van der Waals surface area (Å²) in [5.74, 6) is 0.124. The van der Waals surface area contributed by atoms with E-state index in [9.17, 15) is 18.5 Å². The molecule has 1 aromatic carbocycles. The van der Waals surface area contributed by atoms with Gasteiger partial charge in [-0.25, -0.2) is 8.42 Å². The zero-order chi connectivity index (χ0) is 15.8. The van der Waals surface area contributed by atoms with Crippen molar-refractivity contribution in [3.05, 3.63) is 33.9 Å². The standard InChI is InChI=1S/C13H19N3O4S.ClH/c1-9-12(16(17)18)4-3-5-13(9)21(19,20)15-7-6-11(8-15)10(2)14;/h3-5,10-11H,6-8,14H2,1-2H3;1H. The number of nitrogens with zero attached hydrogens (tertiary/aromatic N) is 2. The summed E-state index contributed by atoms with van der Waals surface area (Å²) in [7, 11) is -3.72. The molecule has 1 fully saturated rings. The van der Waals surface area contributed by atoms with Crippen LogP contribution in [0.2, 0.25) is 0 Å². The first-order chi connectivity index (χ1) is 9.75. The summed E-state index contributed by atoms with van der Waals surface area (Å²) >= 11 is 0. The molecule has 0 bridgehead atoms. The molecule has 0 spiro atoms. The van der Waals surface area contributed by atoms with Crippen LogP contribution in [0.5, 0.6) is 0 Å². The molecule has 0 radical (unpaired) electrons. The number of rotatable bonds is 4. The first-order valence-corrected chi connectivity index (χ1v) is 8.19. The van der Waals surface area contributed by atoms with E-state index in [1.807, 2.05) is 6.92 Å². The number of nitro groups is 1. The van der Waals surface area contributed by atoms with Crippen molar-refractivity contribution in [2.24, 2.45) is 11.7 Å². The van der Waals surface area contributed by atoms with Crippen molar-refractivity contribution >= 4 is 28.1 Å². The molecule has 0 saturated carbocycles. The van der Waals surface area contributed by atoms with Crippen molar-refractivity contribution in [3.63, 3.8) is 0 Å². The topological polar surface area (TPSA) is 107 Å². The quantitative estimate of drug-likeness (QED) is 0.657. The SMILES string of the molecule is Cc1c([N+](=O)[O-])cccc1S(=O)(=O)N1CCC(C(C)N)C1.Cl. The molecule has 1 heterocycles. The number of benzene rings is 1. The van der Waals surface area contributed by atoms with E-state index < -0.39 is 14.9 Å². The molecule has 0 aromatic heterocycles. The molecular formula is C13H20ClN3O4S. The van der Waals surface area contributed by atoms with Crippen LogP contribution in [0, 0.1) is 23.0 Å². The van der Waals surface area contributed by atoms with Crippen LogP contribution in [0.15, 0.2) is 23.1 Å². The monoisotopic (exact) mass is 349 g/mol. The van der Waals surface area contributed by atoms with Gasteiger partial charge in [-0.2, -0.15) is 4.31 Å². The molecule has 0 aliphatic carbocycles. The van der Waals surface area contributed by atoms with Gasteiger partial charge in [0.15, 0.2) is 0 Å². The van der Waals surface area contributed by atoms with Gasteiger partial charge in [-0.05, 0) is 32.3 Å². The van der Waals surface area contributed by atoms with Gasteiger partial charge in [-0.1, -0.05) is 6.07 Å². The van der Waals surface area contributed by atoms with Crippen molar-refractivity contribution in [3.8, 4) is 0 Å². The number of sulfonamides is 1. The lowest BCUT2D eigenvalue weighted by atomic mass is 10.0. The Hall–Kier alpha value is -1.22. The van der Waals surface area contributed by atoms with Gasteiger partial charge in [-0.3, -0.25) is 10.1 Å². The summed E-state index contributed by atoms with van der Waals surface area (Å²) in [5.41, 5.74) is 5.82. The first kappa shape index (κ1) is 18.8. The maximum Gasteiger partial charge on any atom is 0.273 e. The molecule has 124 valence electrons. The van der Waals surface area contributed by atoms with Crippen molar-refractivity contribution in [1.29, 1.82) is 0 Å². The van der Waals surface area contributed by atoms with Crippen molar-refractivity contribution < 1.29 is 13.3 Å². The Bertz CT molecular complexity index is 663. The van der Waals surface area contributed by atoms with Gasteiger partial charge < -0.3 is 5.73 Å². The highest BCUT2D eigenvalue weighted by atomic mass is 35.5. The van der Waals surface area contributed by atoms with Gasteiger partial charge in [0, 0.05) is 30.8 Å². The van der Waals surface area contributed by atoms with E-state index in [1.54, 1.807) is 0 Å². The van der Waals surface area contributed by atoms with E-state index in [1.165, 1.54) is 29.4 Å². The van der Waals surface area contributed by atoms with E-state index in [2.05, 4.69) is 0 Å². The fourth-order valence-corrected chi connectivity index (χ4v) is 4.37. The van der Waals surface area contributed by atoms with E-state index >= 15 is 0 Å². The number of nitrogens with two attached hydrogens (primary N) is 1. The maximum atomic E-state index is 12.7. The lowest BCUT2D eigenvalue weighted by Gasteiger charge is -2.19. The smallest absolute Gasteiger partial charge is 0.273 e. The second kappa shape index (κ2) is 6.91. The summed E-state index contributed by atoms with van der Waals surface area (Å²) in [6.45, 7) is 4.09. The molecule has 1 aliphatic heterocycles. The minimum atomic E-state index is -3.72. The third kappa shape index (κ3) is 3.40. The second-order valence-corrected chi connectivity index (χ2v) is 7.33. The van der Waals surface area contributed by atoms with Crippen LogP contribution < -0.4 is 5.73 Å². The zero-order valence-electron chi connectivity index (χ0n) is 12.4. The van der Waals surface area contributed by atoms with E-state index in [4.69, 9.17) is 5.73 Å². The molecule has 22 heavy (non-hydrogen) atoms. The summed E-state index contributed by atoms with van der Waals surface area (Å²) in [6.07, 6.45) is 0.713. The molecule has 7 nitrogen and oxygen atoms in total. The molecule has 1 aliphatic rings. The lowest BCUT2D eigenvalue weighted by Crippen LogP contribution is -2.33. The Morgan fingerprint density at radius 2 is 2.09 bits per heavy atom. The van der Waals surface area contributed by atoms with Gasteiger partial charge in [0.1, 0.15) is 0 Å². The largest absolute Gasteiger partial charge is 0.328 e. The fourth-order valence-electron chi connectivity index (χ4n) is 2.62. The van der Waals surface area contributed by atoms with Crippen LogP contribution in [0.3, 0.4) is 0 Å². The third-order valence-electron chi connectivity index (χ3n) is 4.00. The van der Waals surface area contributed by atoms with Crippen molar-refractivity contribution in [2.45, 2.75) is 31.2 Å². The molecule has 2 atom stereocenters. The molecular weight excluding hydrogens is 330 g/mol. The summed E-state index contributed by atoms with van der Waals surface area (Å²) in [6, 6.07) is 4.05. The summed E-state index contributed by atoms with van der Waals surface area (Å²) < 4.78 is 26.7. The summed E-state index contributed by atoms with van der Waals surface area (Å²) in [4.78, 5) is 10.4. The fraction of sp³-hybridized carbons (Fsp3) is 0.538. The van der Waals surface area contributed by atoms with E-state index in [-0.39, 0.29) is 40.5 Å². The highest BCUT2D eigenvalue weighted by Gasteiger charge is 2.35. The predicted octanol–water partition coefficient (Wildman–Crippen LogP) is 1.68. The van der Waals surface area contributed by atoms with Crippen LogP contribution in [0.1, 0.15) is 18.9 Å². The van der Waals surface area contributed by atoms with Crippen LogP contribution >= 0.6 is 12.4 Å². The highest BCUT2D eigenvalue weighted by molar-refractivity contribution is 7.89. The van der Waals surface area contributed by atoms with Crippen molar-refractivity contribution in [2.75, 3.05) is 13.1 Å². The Balaban J connectivity index is 0.00000242. The van der Waals surface area contributed by atoms with Crippen LogP contribution in [0.4, 0.5) is 5.69 Å². The molecule has 0 amide bonds. The van der Waals surface area contributed by atoms with Gasteiger partial charge in [0.25, 0.3) is 5.69 Å². The van der Waals surface area contributed by atoms with Gasteiger partial charge in [0.05, 0.1) is 9.82 Å². The molecule has 2 N–H and O–H groups in total. The Labute approximate surface area is 136 Å². The number of nitro benzene ring substituents is 1. The van der Waals surface area contributed by atoms with Crippen LogP contribution in [0.25, 0.3) is 0 Å². The molecule has 2 unspecified atom stereocenters. The molecule has 1 saturated heterocycles. The second-order valence-electron chi connectivity index (χ2n) is 5.43. The predicted molar refractivity (Wildman–Crippen MR) is 85.6 cm³/mol. The van der Waals surface area contributed by atoms with Gasteiger partial charge >= 0.3 is 0 Å². The molecule has 1 aromatic rings. The third-order valence-corrected chi connectivity index (χ3v) is 6.01. The minimum Gasteiger partial charge on any atom is -0.328 e. The Kier molecular flexibility index (Phi) is 5.91. The van der Waals surface area contributed by atoms with E-state index in [0.717, 1.165) is 0 Å². The Morgan fingerprint density at radius 1 is 1.45 bits per heavy atom. The highest BCUT2D eigenvalue weighted by Crippen LogP contribution is 2.30. The molecule has 9 heteroatoms. The van der Waals surface area contributed by atoms with Crippen molar-refractivity contribution in [1.82, 2.24) is 4.31 Å². The van der Waals surface area contributed by atoms with Gasteiger partial charge in [-0.15, -0.1) is 12.4 Å². The molecule has 2 rings (SSSR count). The number of halogens is 1. The first-order valence-electron chi connectivity index (χ1n) is 6.75. The maximum absolute atomic E-state index is 12.7. The average molecular weight is 350 g/mol. The van der Waals surface area contributed by atoms with Crippen LogP contribution in [-0.4, -0.2) is 36.8 Å². The summed E-state index contributed by atoms with van der Waals surface area (Å²) in [5, 5.41) is 10.9. The Morgan fingerprint density at radius 3 is 2.59 bits per heavy atom. The number of hydrogen-bond acceptors (Lipinski definition) is 5.